The zero-order valence-corrected chi connectivity index (χ0v) is 21.2. The highest BCUT2D eigenvalue weighted by Crippen LogP contribution is 2.13. The first-order valence-electron chi connectivity index (χ1n) is 13.6. The second-order valence-corrected chi connectivity index (χ2v) is 9.13. The second-order valence-electron chi connectivity index (χ2n) is 9.13. The van der Waals surface area contributed by atoms with Crippen LogP contribution in [0, 0.1) is 0 Å². The summed E-state index contributed by atoms with van der Waals surface area (Å²) in [4.78, 5) is 23.7. The number of esters is 2. The summed E-state index contributed by atoms with van der Waals surface area (Å²) in [5.74, 6) is -0.602. The molecular weight excluding hydrogens is 404 g/mol. The van der Waals surface area contributed by atoms with Gasteiger partial charge in [-0.2, -0.15) is 0 Å². The minimum atomic E-state index is -0.756. The van der Waals surface area contributed by atoms with Gasteiger partial charge in [0, 0.05) is 12.8 Å². The molecule has 0 aromatic rings. The molecular formula is C27H52O5. The molecule has 1 N–H and O–H groups in total. The van der Waals surface area contributed by atoms with Crippen LogP contribution in [0.15, 0.2) is 0 Å². The summed E-state index contributed by atoms with van der Waals surface area (Å²) in [5, 5.41) is 9.38. The molecule has 5 heteroatoms. The van der Waals surface area contributed by atoms with Crippen LogP contribution >= 0.6 is 0 Å². The number of aliphatic hydroxyl groups excluding tert-OH is 1. The van der Waals surface area contributed by atoms with Gasteiger partial charge in [0.2, 0.25) is 0 Å². The molecule has 5 nitrogen and oxygen atoms in total. The molecule has 0 aliphatic heterocycles. The molecule has 190 valence electrons. The van der Waals surface area contributed by atoms with E-state index in [-0.39, 0.29) is 25.2 Å². The minimum absolute atomic E-state index is 0.0609. The normalized spacial score (nSPS) is 12.0. The van der Waals surface area contributed by atoms with Crippen molar-refractivity contribution in [2.24, 2.45) is 0 Å². The molecule has 0 unspecified atom stereocenters. The lowest BCUT2D eigenvalue weighted by atomic mass is 10.0. The lowest BCUT2D eigenvalue weighted by molar-refractivity contribution is -0.161. The molecule has 0 aliphatic rings. The van der Waals surface area contributed by atoms with Crippen molar-refractivity contribution in [2.75, 3.05) is 13.2 Å². The van der Waals surface area contributed by atoms with Gasteiger partial charge < -0.3 is 14.6 Å². The smallest absolute Gasteiger partial charge is 0.306 e. The van der Waals surface area contributed by atoms with Crippen molar-refractivity contribution in [3.63, 3.8) is 0 Å². The fourth-order valence-electron chi connectivity index (χ4n) is 3.79. The first-order chi connectivity index (χ1) is 15.6. The molecule has 0 heterocycles. The van der Waals surface area contributed by atoms with Crippen molar-refractivity contribution >= 4 is 11.9 Å². The molecule has 0 rings (SSSR count). The Hall–Kier alpha value is -1.10. The number of unbranched alkanes of at least 4 members (excludes halogenated alkanes) is 16. The maximum Gasteiger partial charge on any atom is 0.306 e. The summed E-state index contributed by atoms with van der Waals surface area (Å²) in [6.45, 7) is 4.03. The van der Waals surface area contributed by atoms with E-state index in [2.05, 4.69) is 13.8 Å². The summed E-state index contributed by atoms with van der Waals surface area (Å²) in [7, 11) is 0. The number of hydrogen-bond donors (Lipinski definition) is 1. The van der Waals surface area contributed by atoms with Gasteiger partial charge in [0.1, 0.15) is 6.61 Å². The Kier molecular flexibility index (Phi) is 23.7. The van der Waals surface area contributed by atoms with Crippen LogP contribution in [0.1, 0.15) is 142 Å². The summed E-state index contributed by atoms with van der Waals surface area (Å²) in [6, 6.07) is 0. The zero-order valence-electron chi connectivity index (χ0n) is 21.2. The average molecular weight is 457 g/mol. The number of aliphatic hydroxyl groups is 1. The van der Waals surface area contributed by atoms with Crippen molar-refractivity contribution in [1.29, 1.82) is 0 Å². The van der Waals surface area contributed by atoms with Gasteiger partial charge in [-0.15, -0.1) is 0 Å². The highest BCUT2D eigenvalue weighted by atomic mass is 16.6. The molecule has 0 saturated heterocycles. The maximum absolute atomic E-state index is 12.0. The second kappa shape index (κ2) is 24.5. The number of ether oxygens (including phenoxy) is 2. The first kappa shape index (κ1) is 30.9. The van der Waals surface area contributed by atoms with Crippen LogP contribution in [-0.4, -0.2) is 36.4 Å². The van der Waals surface area contributed by atoms with Gasteiger partial charge in [0.05, 0.1) is 6.61 Å². The lowest BCUT2D eigenvalue weighted by Gasteiger charge is -2.15. The van der Waals surface area contributed by atoms with Crippen molar-refractivity contribution in [3.8, 4) is 0 Å². The molecule has 0 fully saturated rings. The topological polar surface area (TPSA) is 72.8 Å². The minimum Gasteiger partial charge on any atom is -0.462 e. The Balaban J connectivity index is 3.55. The Bertz CT molecular complexity index is 424. The van der Waals surface area contributed by atoms with E-state index in [1.807, 2.05) is 0 Å². The van der Waals surface area contributed by atoms with E-state index in [1.54, 1.807) is 0 Å². The van der Waals surface area contributed by atoms with E-state index in [0.717, 1.165) is 38.5 Å². The van der Waals surface area contributed by atoms with E-state index >= 15 is 0 Å². The van der Waals surface area contributed by atoms with Gasteiger partial charge in [-0.1, -0.05) is 117 Å². The Labute approximate surface area is 198 Å². The highest BCUT2D eigenvalue weighted by Gasteiger charge is 2.16. The van der Waals surface area contributed by atoms with Crippen LogP contribution in [-0.2, 0) is 19.1 Å². The Morgan fingerprint density at radius 3 is 1.38 bits per heavy atom. The fraction of sp³-hybridized carbons (Fsp3) is 0.926. The van der Waals surface area contributed by atoms with Crippen LogP contribution in [0.2, 0.25) is 0 Å². The zero-order chi connectivity index (χ0) is 23.7. The van der Waals surface area contributed by atoms with Gasteiger partial charge in [-0.3, -0.25) is 9.59 Å². The molecule has 0 saturated carbocycles. The van der Waals surface area contributed by atoms with Crippen LogP contribution in [0.25, 0.3) is 0 Å². The van der Waals surface area contributed by atoms with E-state index in [4.69, 9.17) is 9.47 Å². The van der Waals surface area contributed by atoms with Crippen LogP contribution < -0.4 is 0 Å². The van der Waals surface area contributed by atoms with E-state index in [9.17, 15) is 14.7 Å². The average Bonchev–Trinajstić information content (AvgIpc) is 2.79. The summed E-state index contributed by atoms with van der Waals surface area (Å²) in [5.41, 5.74) is 0. The molecule has 0 amide bonds. The molecule has 0 aromatic heterocycles. The molecule has 0 aliphatic carbocycles. The van der Waals surface area contributed by atoms with Crippen LogP contribution in [0.5, 0.6) is 0 Å². The van der Waals surface area contributed by atoms with E-state index < -0.39 is 6.10 Å². The lowest BCUT2D eigenvalue weighted by Crippen LogP contribution is -2.28. The number of carbonyl (C=O) groups excluding carboxylic acids is 2. The van der Waals surface area contributed by atoms with Crippen molar-refractivity contribution in [2.45, 2.75) is 148 Å². The van der Waals surface area contributed by atoms with E-state index in [0.29, 0.717) is 12.8 Å². The van der Waals surface area contributed by atoms with Gasteiger partial charge >= 0.3 is 11.9 Å². The van der Waals surface area contributed by atoms with Crippen LogP contribution in [0.3, 0.4) is 0 Å². The van der Waals surface area contributed by atoms with E-state index in [1.165, 1.54) is 77.0 Å². The highest BCUT2D eigenvalue weighted by molar-refractivity contribution is 5.70. The summed E-state index contributed by atoms with van der Waals surface area (Å²) >= 11 is 0. The first-order valence-corrected chi connectivity index (χ1v) is 13.6. The van der Waals surface area contributed by atoms with Gasteiger partial charge in [0.15, 0.2) is 6.10 Å². The molecule has 0 spiro atoms. The van der Waals surface area contributed by atoms with Gasteiger partial charge in [-0.05, 0) is 12.8 Å². The fourth-order valence-corrected chi connectivity index (χ4v) is 3.79. The predicted octanol–water partition coefficient (Wildman–Crippen LogP) is 7.28. The van der Waals surface area contributed by atoms with Gasteiger partial charge in [0.25, 0.3) is 0 Å². The van der Waals surface area contributed by atoms with Crippen molar-refractivity contribution in [1.82, 2.24) is 0 Å². The summed E-state index contributed by atoms with van der Waals surface area (Å²) < 4.78 is 10.4. The third-order valence-electron chi connectivity index (χ3n) is 5.90. The van der Waals surface area contributed by atoms with Crippen LogP contribution in [0.4, 0.5) is 0 Å². The third kappa shape index (κ3) is 22.1. The SMILES string of the molecule is CCCCCCCCCCCCCCCC(=O)O[C@H](CO)COC(=O)CCCCCCC. The number of carbonyl (C=O) groups is 2. The Morgan fingerprint density at radius 2 is 0.969 bits per heavy atom. The summed E-state index contributed by atoms with van der Waals surface area (Å²) in [6.07, 6.45) is 21.8. The Morgan fingerprint density at radius 1 is 0.594 bits per heavy atom. The molecule has 0 bridgehead atoms. The monoisotopic (exact) mass is 456 g/mol. The standard InChI is InChI=1S/C27H52O5/c1-3-5-7-9-10-11-12-13-14-15-16-18-20-22-27(30)32-25(23-28)24-31-26(29)21-19-17-8-6-4-2/h25,28H,3-24H2,1-2H3/t25-/m1/s1. The van der Waals surface area contributed by atoms with Crippen molar-refractivity contribution < 1.29 is 24.2 Å². The largest absolute Gasteiger partial charge is 0.462 e. The maximum atomic E-state index is 12.0. The molecule has 0 aromatic carbocycles. The molecule has 1 atom stereocenters. The predicted molar refractivity (Wildman–Crippen MR) is 132 cm³/mol. The van der Waals surface area contributed by atoms with Gasteiger partial charge in [-0.25, -0.2) is 0 Å². The molecule has 32 heavy (non-hydrogen) atoms. The number of rotatable bonds is 24. The third-order valence-corrected chi connectivity index (χ3v) is 5.90. The van der Waals surface area contributed by atoms with Crippen molar-refractivity contribution in [3.05, 3.63) is 0 Å². The number of hydrogen-bond acceptors (Lipinski definition) is 5. The quantitative estimate of drug-likeness (QED) is 0.122. The molecule has 0 radical (unpaired) electrons.